The second-order valence-corrected chi connectivity index (χ2v) is 9.40. The molecule has 11 heteroatoms. The quantitative estimate of drug-likeness (QED) is 0.657. The number of nitrogens with zero attached hydrogens (tertiary/aromatic N) is 4. The maximum Gasteiger partial charge on any atom is 0.230 e. The summed E-state index contributed by atoms with van der Waals surface area (Å²) in [6.07, 6.45) is 4.04. The minimum absolute atomic E-state index is 0.00874. The molecule has 1 amide bonds. The van der Waals surface area contributed by atoms with Crippen molar-refractivity contribution >= 4 is 27.7 Å². The number of sulfonamides is 1. The van der Waals surface area contributed by atoms with Gasteiger partial charge in [-0.25, -0.2) is 12.7 Å². The Morgan fingerprint density at radius 2 is 1.96 bits per heavy atom. The lowest BCUT2D eigenvalue weighted by Gasteiger charge is -2.30. The average molecular weight is 426 g/mol. The third-order valence-corrected chi connectivity index (χ3v) is 6.73. The summed E-state index contributed by atoms with van der Waals surface area (Å²) >= 11 is 1.30. The van der Waals surface area contributed by atoms with E-state index in [1.807, 2.05) is 28.8 Å². The third kappa shape index (κ3) is 5.24. The number of thioether (sulfide) groups is 1. The van der Waals surface area contributed by atoms with Gasteiger partial charge in [0.15, 0.2) is 5.16 Å². The highest BCUT2D eigenvalue weighted by Crippen LogP contribution is 2.21. The molecule has 2 aromatic rings. The topological polar surface area (TPSA) is 106 Å². The highest BCUT2D eigenvalue weighted by atomic mass is 32.2. The van der Waals surface area contributed by atoms with Gasteiger partial charge < -0.3 is 10.1 Å². The van der Waals surface area contributed by atoms with Crippen molar-refractivity contribution in [3.05, 3.63) is 30.6 Å². The van der Waals surface area contributed by atoms with Crippen molar-refractivity contribution in [3.8, 4) is 11.4 Å². The first-order chi connectivity index (χ1) is 13.4. The number of amides is 1. The molecule has 152 valence electrons. The summed E-state index contributed by atoms with van der Waals surface area (Å²) in [5.74, 6) is 0.862. The minimum Gasteiger partial charge on any atom is -0.497 e. The molecule has 1 aliphatic heterocycles. The molecular formula is C17H23N5O4S2. The Bertz CT molecular complexity index is 906. The van der Waals surface area contributed by atoms with Crippen LogP contribution in [0.15, 0.2) is 35.7 Å². The van der Waals surface area contributed by atoms with Gasteiger partial charge in [0.1, 0.15) is 12.1 Å². The largest absolute Gasteiger partial charge is 0.497 e. The summed E-state index contributed by atoms with van der Waals surface area (Å²) in [4.78, 5) is 12.3. The number of carbonyl (C=O) groups excluding carboxylic acids is 1. The summed E-state index contributed by atoms with van der Waals surface area (Å²) in [5.41, 5.74) is 0.877. The fourth-order valence-electron chi connectivity index (χ4n) is 2.97. The maximum atomic E-state index is 12.3. The molecule has 0 unspecified atom stereocenters. The molecule has 0 radical (unpaired) electrons. The first-order valence-corrected chi connectivity index (χ1v) is 11.6. The molecule has 1 aromatic heterocycles. The van der Waals surface area contributed by atoms with E-state index in [9.17, 15) is 13.2 Å². The molecule has 28 heavy (non-hydrogen) atoms. The van der Waals surface area contributed by atoms with Crippen LogP contribution in [0.1, 0.15) is 12.8 Å². The van der Waals surface area contributed by atoms with Crippen LogP contribution >= 0.6 is 11.8 Å². The van der Waals surface area contributed by atoms with Crippen LogP contribution in [0.2, 0.25) is 0 Å². The number of methoxy groups -OCH3 is 1. The molecule has 2 heterocycles. The molecule has 0 spiro atoms. The molecule has 0 atom stereocenters. The monoisotopic (exact) mass is 425 g/mol. The van der Waals surface area contributed by atoms with Gasteiger partial charge >= 0.3 is 0 Å². The lowest BCUT2D eigenvalue weighted by Crippen LogP contribution is -2.46. The van der Waals surface area contributed by atoms with Crippen LogP contribution < -0.4 is 10.1 Å². The summed E-state index contributed by atoms with van der Waals surface area (Å²) < 4.78 is 31.5. The highest BCUT2D eigenvalue weighted by Gasteiger charge is 2.25. The number of piperidine rings is 1. The van der Waals surface area contributed by atoms with Crippen molar-refractivity contribution in [3.63, 3.8) is 0 Å². The van der Waals surface area contributed by atoms with E-state index >= 15 is 0 Å². The van der Waals surface area contributed by atoms with Gasteiger partial charge in [-0.05, 0) is 37.1 Å². The highest BCUT2D eigenvalue weighted by molar-refractivity contribution is 7.99. The first-order valence-electron chi connectivity index (χ1n) is 8.78. The fraction of sp³-hybridized carbons (Fsp3) is 0.471. The van der Waals surface area contributed by atoms with Gasteiger partial charge in [-0.15, -0.1) is 10.2 Å². The van der Waals surface area contributed by atoms with E-state index in [0.717, 1.165) is 11.4 Å². The van der Waals surface area contributed by atoms with Crippen LogP contribution in [0.4, 0.5) is 0 Å². The number of carbonyl (C=O) groups is 1. The maximum absolute atomic E-state index is 12.3. The number of aromatic nitrogens is 3. The standard InChI is InChI=1S/C17H23N5O4S2/c1-26-15-5-3-14(4-6-15)22-12-18-20-17(22)27-11-16(23)19-13-7-9-21(10-8-13)28(2,24)25/h3-6,12-13H,7-11H2,1-2H3,(H,19,23). The Labute approximate surface area is 168 Å². The number of nitrogens with one attached hydrogen (secondary N) is 1. The van der Waals surface area contributed by atoms with Crippen LogP contribution in [0, 0.1) is 0 Å². The van der Waals surface area contributed by atoms with Crippen LogP contribution in [-0.2, 0) is 14.8 Å². The SMILES string of the molecule is COc1ccc(-n2cnnc2SCC(=O)NC2CCN(S(C)(=O)=O)CC2)cc1. The Morgan fingerprint density at radius 1 is 1.29 bits per heavy atom. The van der Waals surface area contributed by atoms with E-state index in [2.05, 4.69) is 15.5 Å². The molecule has 0 bridgehead atoms. The van der Waals surface area contributed by atoms with Crippen LogP contribution in [0.3, 0.4) is 0 Å². The Kier molecular flexibility index (Phi) is 6.57. The molecule has 0 saturated carbocycles. The predicted molar refractivity (Wildman–Crippen MR) is 106 cm³/mol. The lowest BCUT2D eigenvalue weighted by molar-refractivity contribution is -0.119. The van der Waals surface area contributed by atoms with Gasteiger partial charge in [0.2, 0.25) is 15.9 Å². The Balaban J connectivity index is 1.51. The van der Waals surface area contributed by atoms with Crippen LogP contribution in [0.5, 0.6) is 5.75 Å². The van der Waals surface area contributed by atoms with Gasteiger partial charge in [-0.1, -0.05) is 11.8 Å². The normalized spacial score (nSPS) is 16.1. The van der Waals surface area contributed by atoms with Gasteiger partial charge in [0.05, 0.1) is 19.1 Å². The molecule has 1 aromatic carbocycles. The fourth-order valence-corrected chi connectivity index (χ4v) is 4.59. The third-order valence-electron chi connectivity index (χ3n) is 4.49. The average Bonchev–Trinajstić information content (AvgIpc) is 3.15. The molecule has 1 aliphatic rings. The number of ether oxygens (including phenoxy) is 1. The molecule has 9 nitrogen and oxygen atoms in total. The molecule has 1 saturated heterocycles. The summed E-state index contributed by atoms with van der Waals surface area (Å²) in [7, 11) is -1.55. The van der Waals surface area contributed by atoms with Gasteiger partial charge in [0, 0.05) is 24.8 Å². The number of benzene rings is 1. The first kappa shape index (κ1) is 20.6. The van der Waals surface area contributed by atoms with Crippen molar-refractivity contribution in [1.82, 2.24) is 24.4 Å². The smallest absolute Gasteiger partial charge is 0.230 e. The predicted octanol–water partition coefficient (Wildman–Crippen LogP) is 0.908. The van der Waals surface area contributed by atoms with E-state index in [1.54, 1.807) is 13.4 Å². The van der Waals surface area contributed by atoms with Crippen molar-refractivity contribution in [1.29, 1.82) is 0 Å². The Morgan fingerprint density at radius 3 is 2.57 bits per heavy atom. The Hall–Kier alpha value is -2.11. The molecular weight excluding hydrogens is 402 g/mol. The van der Waals surface area contributed by atoms with E-state index in [-0.39, 0.29) is 17.7 Å². The molecule has 1 fully saturated rings. The summed E-state index contributed by atoms with van der Waals surface area (Å²) in [5, 5.41) is 11.6. The van der Waals surface area contributed by atoms with E-state index in [0.29, 0.717) is 31.1 Å². The van der Waals surface area contributed by atoms with Crippen molar-refractivity contribution in [2.24, 2.45) is 0 Å². The van der Waals surface area contributed by atoms with Gasteiger partial charge in [-0.2, -0.15) is 0 Å². The van der Waals surface area contributed by atoms with Crippen LogP contribution in [-0.4, -0.2) is 71.6 Å². The zero-order valence-corrected chi connectivity index (χ0v) is 17.4. The summed E-state index contributed by atoms with van der Waals surface area (Å²) in [6.45, 7) is 0.867. The zero-order chi connectivity index (χ0) is 20.1. The van der Waals surface area contributed by atoms with Crippen LogP contribution in [0.25, 0.3) is 5.69 Å². The summed E-state index contributed by atoms with van der Waals surface area (Å²) in [6, 6.07) is 7.47. The second kappa shape index (κ2) is 8.93. The number of hydrogen-bond acceptors (Lipinski definition) is 7. The van der Waals surface area contributed by atoms with Gasteiger partial charge in [0.25, 0.3) is 0 Å². The molecule has 0 aliphatic carbocycles. The minimum atomic E-state index is -3.16. The van der Waals surface area contributed by atoms with Crippen molar-refractivity contribution in [2.75, 3.05) is 32.2 Å². The number of hydrogen-bond donors (Lipinski definition) is 1. The van der Waals surface area contributed by atoms with E-state index in [4.69, 9.17) is 4.74 Å². The zero-order valence-electron chi connectivity index (χ0n) is 15.7. The molecule has 1 N–H and O–H groups in total. The molecule has 3 rings (SSSR count). The number of rotatable bonds is 7. The van der Waals surface area contributed by atoms with E-state index in [1.165, 1.54) is 22.3 Å². The van der Waals surface area contributed by atoms with E-state index < -0.39 is 10.0 Å². The van der Waals surface area contributed by atoms with Crippen molar-refractivity contribution < 1.29 is 17.9 Å². The second-order valence-electron chi connectivity index (χ2n) is 6.47. The van der Waals surface area contributed by atoms with Crippen molar-refractivity contribution in [2.45, 2.75) is 24.0 Å². The van der Waals surface area contributed by atoms with Gasteiger partial charge in [-0.3, -0.25) is 9.36 Å². The lowest BCUT2D eigenvalue weighted by atomic mass is 10.1.